The van der Waals surface area contributed by atoms with Gasteiger partial charge in [0.2, 0.25) is 5.95 Å². The molecule has 1 aliphatic heterocycles. The number of nitrogens with zero attached hydrogens (tertiary/aromatic N) is 7. The zero-order valence-corrected chi connectivity index (χ0v) is 15.7. The maximum atomic E-state index is 11.4. The van der Waals surface area contributed by atoms with Crippen LogP contribution in [0.5, 0.6) is 0 Å². The molecule has 0 bridgehead atoms. The molecule has 1 fully saturated rings. The first-order valence-electron chi connectivity index (χ1n) is 9.14. The van der Waals surface area contributed by atoms with Crippen molar-refractivity contribution in [1.82, 2.24) is 29.1 Å². The summed E-state index contributed by atoms with van der Waals surface area (Å²) < 4.78 is 9.12. The zero-order valence-electron chi connectivity index (χ0n) is 15.7. The number of hydrogen-bond donors (Lipinski definition) is 0. The number of ether oxygens (including phenoxy) is 1. The Bertz CT molecular complexity index is 1200. The van der Waals surface area contributed by atoms with Gasteiger partial charge in [0.25, 0.3) is 0 Å². The molecule has 0 atom stereocenters. The van der Waals surface area contributed by atoms with Gasteiger partial charge in [-0.1, -0.05) is 12.1 Å². The van der Waals surface area contributed by atoms with Gasteiger partial charge in [-0.3, -0.25) is 9.36 Å². The largest absolute Gasteiger partial charge is 0.378 e. The normalized spacial score (nSPS) is 14.9. The van der Waals surface area contributed by atoms with Gasteiger partial charge in [-0.25, -0.2) is 9.97 Å². The second kappa shape index (κ2) is 6.38. The monoisotopic (exact) mass is 377 g/mol. The highest BCUT2D eigenvalue weighted by Gasteiger charge is 2.23. The third-order valence-electron chi connectivity index (χ3n) is 5.07. The number of anilines is 1. The molecule has 28 heavy (non-hydrogen) atoms. The van der Waals surface area contributed by atoms with E-state index in [1.54, 1.807) is 11.6 Å². The van der Waals surface area contributed by atoms with Gasteiger partial charge in [-0.15, -0.1) is 0 Å². The van der Waals surface area contributed by atoms with Gasteiger partial charge in [0.1, 0.15) is 5.82 Å². The molecule has 0 N–H and O–H groups in total. The average molecular weight is 377 g/mol. The molecule has 4 aromatic rings. The third kappa shape index (κ3) is 2.47. The smallest absolute Gasteiger partial charge is 0.239 e. The molecule has 0 amide bonds. The quantitative estimate of drug-likeness (QED) is 0.502. The standard InChI is InChI=1S/C19H19N7O2/c1-12-20-13-5-3-4-6-14(13)26(12)19-22-17-16(21-15(11-27)24(17)2)18(23-19)25-7-9-28-10-8-25/h3-6,11H,7-10H2,1-2H3. The summed E-state index contributed by atoms with van der Waals surface area (Å²) in [5.41, 5.74) is 3.06. The Balaban J connectivity index is 1.81. The number of morpholine rings is 1. The van der Waals surface area contributed by atoms with Crippen LogP contribution in [0.1, 0.15) is 16.4 Å². The van der Waals surface area contributed by atoms with Gasteiger partial charge in [0.05, 0.1) is 24.2 Å². The maximum absolute atomic E-state index is 11.4. The molecule has 0 aliphatic carbocycles. The molecular weight excluding hydrogens is 358 g/mol. The summed E-state index contributed by atoms with van der Waals surface area (Å²) in [6.07, 6.45) is 0.738. The Morgan fingerprint density at radius 3 is 2.64 bits per heavy atom. The van der Waals surface area contributed by atoms with Crippen LogP contribution in [0.15, 0.2) is 24.3 Å². The molecule has 1 saturated heterocycles. The number of hydrogen-bond acceptors (Lipinski definition) is 7. The van der Waals surface area contributed by atoms with Crippen LogP contribution in [0.25, 0.3) is 28.1 Å². The number of carbonyl (C=O) groups excluding carboxylic acids is 1. The first kappa shape index (κ1) is 16.8. The number of aromatic nitrogens is 6. The lowest BCUT2D eigenvalue weighted by Crippen LogP contribution is -2.37. The minimum atomic E-state index is 0.322. The Morgan fingerprint density at radius 1 is 1.07 bits per heavy atom. The van der Waals surface area contributed by atoms with Gasteiger partial charge in [-0.05, 0) is 19.1 Å². The fourth-order valence-electron chi connectivity index (χ4n) is 3.65. The second-order valence-corrected chi connectivity index (χ2v) is 6.75. The van der Waals surface area contributed by atoms with E-state index in [1.165, 1.54) is 0 Å². The molecule has 0 spiro atoms. The van der Waals surface area contributed by atoms with Gasteiger partial charge < -0.3 is 14.2 Å². The molecule has 4 heterocycles. The Morgan fingerprint density at radius 2 is 1.86 bits per heavy atom. The molecule has 142 valence electrons. The lowest BCUT2D eigenvalue weighted by molar-refractivity contribution is 0.111. The third-order valence-corrected chi connectivity index (χ3v) is 5.07. The van der Waals surface area contributed by atoms with E-state index >= 15 is 0 Å². The number of carbonyl (C=O) groups is 1. The summed E-state index contributed by atoms with van der Waals surface area (Å²) in [6.45, 7) is 4.61. The fourth-order valence-corrected chi connectivity index (χ4v) is 3.65. The summed E-state index contributed by atoms with van der Waals surface area (Å²) in [7, 11) is 1.79. The minimum absolute atomic E-state index is 0.322. The van der Waals surface area contributed by atoms with Crippen molar-refractivity contribution < 1.29 is 9.53 Å². The van der Waals surface area contributed by atoms with E-state index in [-0.39, 0.29) is 0 Å². The zero-order chi connectivity index (χ0) is 19.3. The van der Waals surface area contributed by atoms with Crippen molar-refractivity contribution in [3.8, 4) is 5.95 Å². The van der Waals surface area contributed by atoms with E-state index < -0.39 is 0 Å². The molecular formula is C19H19N7O2. The summed E-state index contributed by atoms with van der Waals surface area (Å²) >= 11 is 0. The van der Waals surface area contributed by atoms with Crippen molar-refractivity contribution in [2.75, 3.05) is 31.2 Å². The molecule has 0 unspecified atom stereocenters. The Kier molecular flexibility index (Phi) is 3.83. The number of fused-ring (bicyclic) bond motifs is 2. The molecule has 1 aliphatic rings. The van der Waals surface area contributed by atoms with Crippen LogP contribution < -0.4 is 4.90 Å². The van der Waals surface area contributed by atoms with E-state index in [2.05, 4.69) is 14.9 Å². The summed E-state index contributed by atoms with van der Waals surface area (Å²) in [5, 5.41) is 0. The number of aryl methyl sites for hydroxylation is 2. The topological polar surface area (TPSA) is 91.0 Å². The fraction of sp³-hybridized carbons (Fsp3) is 0.316. The van der Waals surface area contributed by atoms with E-state index in [0.717, 1.165) is 23.1 Å². The lowest BCUT2D eigenvalue weighted by Gasteiger charge is -2.28. The number of rotatable bonds is 3. The van der Waals surface area contributed by atoms with Crippen LogP contribution in [0.4, 0.5) is 5.82 Å². The minimum Gasteiger partial charge on any atom is -0.378 e. The number of imidazole rings is 2. The van der Waals surface area contributed by atoms with Crippen LogP contribution in [0.2, 0.25) is 0 Å². The highest BCUT2D eigenvalue weighted by Crippen LogP contribution is 2.27. The van der Waals surface area contributed by atoms with E-state index in [0.29, 0.717) is 55.1 Å². The van der Waals surface area contributed by atoms with E-state index in [9.17, 15) is 4.79 Å². The van der Waals surface area contributed by atoms with Crippen LogP contribution in [0, 0.1) is 6.92 Å². The van der Waals surface area contributed by atoms with Crippen LogP contribution in [-0.4, -0.2) is 61.7 Å². The van der Waals surface area contributed by atoms with Crippen LogP contribution in [-0.2, 0) is 11.8 Å². The molecule has 0 radical (unpaired) electrons. The number of aldehydes is 1. The lowest BCUT2D eigenvalue weighted by atomic mass is 10.3. The Hall–Kier alpha value is -3.33. The summed E-state index contributed by atoms with van der Waals surface area (Å²) in [4.78, 5) is 32.3. The van der Waals surface area contributed by atoms with Crippen LogP contribution >= 0.6 is 0 Å². The van der Waals surface area contributed by atoms with E-state index in [4.69, 9.17) is 14.7 Å². The van der Waals surface area contributed by atoms with Gasteiger partial charge in [0.15, 0.2) is 29.1 Å². The van der Waals surface area contributed by atoms with Crippen molar-refractivity contribution in [3.63, 3.8) is 0 Å². The SMILES string of the molecule is Cc1nc2ccccc2n1-c1nc(N2CCOCC2)c2nc(C=O)n(C)c2n1. The molecule has 0 saturated carbocycles. The molecule has 3 aromatic heterocycles. The van der Waals surface area contributed by atoms with E-state index in [1.807, 2.05) is 35.8 Å². The summed E-state index contributed by atoms with van der Waals surface area (Å²) in [5.74, 6) is 2.35. The average Bonchev–Trinajstić information content (AvgIpc) is 3.24. The summed E-state index contributed by atoms with van der Waals surface area (Å²) in [6, 6.07) is 7.89. The number of benzene rings is 1. The van der Waals surface area contributed by atoms with Gasteiger partial charge >= 0.3 is 0 Å². The first-order chi connectivity index (χ1) is 13.7. The van der Waals surface area contributed by atoms with Crippen molar-refractivity contribution in [1.29, 1.82) is 0 Å². The first-order valence-corrected chi connectivity index (χ1v) is 9.14. The van der Waals surface area contributed by atoms with Gasteiger partial charge in [-0.2, -0.15) is 9.97 Å². The van der Waals surface area contributed by atoms with Crippen molar-refractivity contribution in [2.24, 2.45) is 7.05 Å². The molecule has 9 heteroatoms. The van der Waals surface area contributed by atoms with Crippen molar-refractivity contribution >= 4 is 34.3 Å². The maximum Gasteiger partial charge on any atom is 0.239 e. The molecule has 9 nitrogen and oxygen atoms in total. The second-order valence-electron chi connectivity index (χ2n) is 6.75. The van der Waals surface area contributed by atoms with Crippen LogP contribution in [0.3, 0.4) is 0 Å². The van der Waals surface area contributed by atoms with Crippen molar-refractivity contribution in [3.05, 3.63) is 35.9 Å². The number of para-hydroxylation sites is 2. The predicted molar refractivity (Wildman–Crippen MR) is 104 cm³/mol. The predicted octanol–water partition coefficient (Wildman–Crippen LogP) is 1.66. The highest BCUT2D eigenvalue weighted by atomic mass is 16.5. The highest BCUT2D eigenvalue weighted by molar-refractivity contribution is 5.89. The van der Waals surface area contributed by atoms with Gasteiger partial charge in [0, 0.05) is 20.1 Å². The molecule has 5 rings (SSSR count). The van der Waals surface area contributed by atoms with Crippen molar-refractivity contribution in [2.45, 2.75) is 6.92 Å². The Labute approximate surface area is 160 Å². The molecule has 1 aromatic carbocycles.